The van der Waals surface area contributed by atoms with Crippen molar-refractivity contribution in [2.75, 3.05) is 14.2 Å². The van der Waals surface area contributed by atoms with Gasteiger partial charge >= 0.3 is 0 Å². The summed E-state index contributed by atoms with van der Waals surface area (Å²) in [6.45, 7) is 0. The second-order valence-electron chi connectivity index (χ2n) is 8.74. The molecule has 0 amide bonds. The largest absolute Gasteiger partial charge is 0.497 e. The third kappa shape index (κ3) is 4.45. The van der Waals surface area contributed by atoms with E-state index in [1.807, 2.05) is 52.9 Å². The Bertz CT molecular complexity index is 1780. The van der Waals surface area contributed by atoms with E-state index in [-0.39, 0.29) is 11.6 Å². The zero-order valence-corrected chi connectivity index (χ0v) is 21.9. The van der Waals surface area contributed by atoms with Crippen LogP contribution in [0.25, 0.3) is 37.9 Å². The first-order valence-electron chi connectivity index (χ1n) is 12.1. The first-order chi connectivity index (χ1) is 19.1. The van der Waals surface area contributed by atoms with Crippen molar-refractivity contribution in [2.24, 2.45) is 0 Å². The van der Waals surface area contributed by atoms with Crippen LogP contribution in [-0.4, -0.2) is 34.4 Å². The van der Waals surface area contributed by atoms with Crippen LogP contribution in [0.3, 0.4) is 0 Å². The number of nitrogens with zero attached hydrogens (tertiary/aromatic N) is 3. The van der Waals surface area contributed by atoms with Gasteiger partial charge < -0.3 is 9.47 Å². The summed E-state index contributed by atoms with van der Waals surface area (Å²) in [5, 5.41) is 0. The van der Waals surface area contributed by atoms with Gasteiger partial charge in [0.15, 0.2) is 4.96 Å². The lowest BCUT2D eigenvalue weighted by Crippen LogP contribution is -2.08. The SMILES string of the molecule is COc1ccc(-c2sc3nc(-c4ccc(F)cc4)c(C(=O)c4cccnc4)n3c2-c2ccc(OC)cc2)cc1. The molecule has 192 valence electrons. The van der Waals surface area contributed by atoms with E-state index in [1.165, 1.54) is 23.5 Å². The van der Waals surface area contributed by atoms with E-state index in [0.717, 1.165) is 33.2 Å². The van der Waals surface area contributed by atoms with Gasteiger partial charge in [0.1, 0.15) is 28.7 Å². The van der Waals surface area contributed by atoms with Crippen molar-refractivity contribution < 1.29 is 18.7 Å². The zero-order valence-electron chi connectivity index (χ0n) is 21.1. The van der Waals surface area contributed by atoms with Gasteiger partial charge in [-0.1, -0.05) is 11.3 Å². The smallest absolute Gasteiger partial charge is 0.213 e. The van der Waals surface area contributed by atoms with Gasteiger partial charge in [0.25, 0.3) is 0 Å². The molecular weight excluding hydrogens is 513 g/mol. The molecule has 0 bridgehead atoms. The first-order valence-corrected chi connectivity index (χ1v) is 12.9. The maximum Gasteiger partial charge on any atom is 0.213 e. The van der Waals surface area contributed by atoms with Crippen molar-refractivity contribution in [1.82, 2.24) is 14.4 Å². The molecule has 3 aromatic heterocycles. The highest BCUT2D eigenvalue weighted by atomic mass is 32.1. The summed E-state index contributed by atoms with van der Waals surface area (Å²) >= 11 is 1.48. The molecule has 0 spiro atoms. The van der Waals surface area contributed by atoms with Gasteiger partial charge in [-0.3, -0.25) is 14.2 Å². The molecule has 0 unspecified atom stereocenters. The Morgan fingerprint density at radius 3 is 2.03 bits per heavy atom. The number of imidazole rings is 1. The molecule has 0 aliphatic heterocycles. The third-order valence-corrected chi connectivity index (χ3v) is 7.54. The molecule has 0 aliphatic rings. The van der Waals surface area contributed by atoms with E-state index < -0.39 is 0 Å². The highest BCUT2D eigenvalue weighted by Gasteiger charge is 2.28. The van der Waals surface area contributed by atoms with Crippen LogP contribution in [-0.2, 0) is 0 Å². The summed E-state index contributed by atoms with van der Waals surface area (Å²) < 4.78 is 26.4. The molecule has 0 aliphatic carbocycles. The Balaban J connectivity index is 1.68. The van der Waals surface area contributed by atoms with E-state index in [1.54, 1.807) is 50.9 Å². The summed E-state index contributed by atoms with van der Waals surface area (Å²) in [6.07, 6.45) is 3.17. The molecule has 0 atom stereocenters. The number of ketones is 1. The molecule has 3 heterocycles. The second-order valence-corrected chi connectivity index (χ2v) is 9.72. The Labute approximate surface area is 228 Å². The van der Waals surface area contributed by atoms with Crippen LogP contribution in [0.15, 0.2) is 97.3 Å². The number of hydrogen-bond donors (Lipinski definition) is 0. The number of ether oxygens (including phenoxy) is 2. The molecule has 8 heteroatoms. The lowest BCUT2D eigenvalue weighted by Gasteiger charge is -2.11. The zero-order chi connectivity index (χ0) is 26.9. The van der Waals surface area contributed by atoms with Crippen LogP contribution in [0.1, 0.15) is 16.1 Å². The number of hydrogen-bond acceptors (Lipinski definition) is 6. The summed E-state index contributed by atoms with van der Waals surface area (Å²) in [5.41, 5.74) is 4.59. The van der Waals surface area contributed by atoms with Gasteiger partial charge in [-0.05, 0) is 90.5 Å². The fourth-order valence-corrected chi connectivity index (χ4v) is 5.67. The van der Waals surface area contributed by atoms with E-state index in [2.05, 4.69) is 4.98 Å². The highest BCUT2D eigenvalue weighted by molar-refractivity contribution is 7.21. The molecule has 39 heavy (non-hydrogen) atoms. The van der Waals surface area contributed by atoms with Gasteiger partial charge in [0, 0.05) is 29.1 Å². The number of methoxy groups -OCH3 is 2. The van der Waals surface area contributed by atoms with Gasteiger partial charge in [0.2, 0.25) is 5.78 Å². The minimum atomic E-state index is -0.361. The van der Waals surface area contributed by atoms with Crippen LogP contribution in [0.4, 0.5) is 4.39 Å². The van der Waals surface area contributed by atoms with Crippen LogP contribution in [0.5, 0.6) is 11.5 Å². The average molecular weight is 536 g/mol. The number of rotatable bonds is 7. The van der Waals surface area contributed by atoms with Crippen molar-refractivity contribution in [1.29, 1.82) is 0 Å². The fourth-order valence-electron chi connectivity index (χ4n) is 4.52. The van der Waals surface area contributed by atoms with Crippen LogP contribution < -0.4 is 9.47 Å². The number of fused-ring (bicyclic) bond motifs is 1. The molecule has 6 nitrogen and oxygen atoms in total. The number of pyridine rings is 1. The Morgan fingerprint density at radius 2 is 1.44 bits per heavy atom. The summed E-state index contributed by atoms with van der Waals surface area (Å²) in [7, 11) is 3.25. The molecule has 6 aromatic rings. The Morgan fingerprint density at radius 1 is 0.821 bits per heavy atom. The van der Waals surface area contributed by atoms with Crippen LogP contribution in [0, 0.1) is 5.82 Å². The molecule has 0 fully saturated rings. The van der Waals surface area contributed by atoms with Gasteiger partial charge in [0.05, 0.1) is 24.8 Å². The van der Waals surface area contributed by atoms with E-state index in [0.29, 0.717) is 27.5 Å². The average Bonchev–Trinajstić information content (AvgIpc) is 3.54. The number of thiazole rings is 1. The van der Waals surface area contributed by atoms with Gasteiger partial charge in [-0.15, -0.1) is 0 Å². The summed E-state index contributed by atoms with van der Waals surface area (Å²) in [4.78, 5) is 24.7. The Hall–Kier alpha value is -4.82. The Kier molecular flexibility index (Phi) is 6.38. The van der Waals surface area contributed by atoms with Crippen molar-refractivity contribution in [3.63, 3.8) is 0 Å². The molecule has 0 saturated heterocycles. The molecule has 0 N–H and O–H groups in total. The molecule has 3 aromatic carbocycles. The normalized spacial score (nSPS) is 11.1. The lowest BCUT2D eigenvalue weighted by molar-refractivity contribution is 0.103. The maximum absolute atomic E-state index is 14.1. The van der Waals surface area contributed by atoms with Crippen molar-refractivity contribution in [2.45, 2.75) is 0 Å². The molecule has 0 radical (unpaired) electrons. The third-order valence-electron chi connectivity index (χ3n) is 6.45. The monoisotopic (exact) mass is 535 g/mol. The predicted molar refractivity (Wildman–Crippen MR) is 150 cm³/mol. The van der Waals surface area contributed by atoms with Crippen molar-refractivity contribution >= 4 is 22.1 Å². The van der Waals surface area contributed by atoms with Gasteiger partial charge in [-0.2, -0.15) is 0 Å². The molecule has 6 rings (SSSR count). The summed E-state index contributed by atoms with van der Waals surface area (Å²) in [6, 6.07) is 24.9. The lowest BCUT2D eigenvalue weighted by atomic mass is 10.0. The summed E-state index contributed by atoms with van der Waals surface area (Å²) in [5.74, 6) is 0.877. The van der Waals surface area contributed by atoms with Crippen molar-refractivity contribution in [3.8, 4) is 44.5 Å². The molecule has 0 saturated carbocycles. The van der Waals surface area contributed by atoms with Crippen molar-refractivity contribution in [3.05, 3.63) is 114 Å². The van der Waals surface area contributed by atoms with Crippen LogP contribution in [0.2, 0.25) is 0 Å². The number of halogens is 1. The minimum absolute atomic E-state index is 0.233. The number of aromatic nitrogens is 3. The van der Waals surface area contributed by atoms with Gasteiger partial charge in [-0.25, -0.2) is 9.37 Å². The van der Waals surface area contributed by atoms with E-state index in [9.17, 15) is 9.18 Å². The first kappa shape index (κ1) is 24.5. The fraction of sp³-hybridized carbons (Fsp3) is 0.0645. The highest BCUT2D eigenvalue weighted by Crippen LogP contribution is 2.43. The predicted octanol–water partition coefficient (Wildman–Crippen LogP) is 7.18. The van der Waals surface area contributed by atoms with E-state index in [4.69, 9.17) is 14.5 Å². The van der Waals surface area contributed by atoms with E-state index >= 15 is 0 Å². The molecular formula is C31H22FN3O3S. The maximum atomic E-state index is 14.1. The minimum Gasteiger partial charge on any atom is -0.497 e. The number of benzene rings is 3. The standard InChI is InChI=1S/C31H22FN3O3S/c1-37-24-13-7-20(8-14-24)27-30(21-9-15-25(38-2)16-10-21)39-31-34-26(19-5-11-23(32)12-6-19)28(35(27)31)29(36)22-4-3-17-33-18-22/h3-18H,1-2H3. The van der Waals surface area contributed by atoms with Crippen LogP contribution >= 0.6 is 11.3 Å². The number of carbonyl (C=O) groups is 1. The quantitative estimate of drug-likeness (QED) is 0.203. The topological polar surface area (TPSA) is 65.7 Å². The second kappa shape index (κ2) is 10.2. The number of carbonyl (C=O) groups excluding carboxylic acids is 1.